The minimum atomic E-state index is -2.93. The minimum absolute atomic E-state index is 0.0137. The van der Waals surface area contributed by atoms with Crippen molar-refractivity contribution in [3.63, 3.8) is 0 Å². The SMILES string of the molecule is N#Cc1ccc(C(N)CO[PH](=O)O)cc1. The monoisotopic (exact) mass is 226 g/mol. The minimum Gasteiger partial charge on any atom is -0.326 e. The molecule has 0 bridgehead atoms. The summed E-state index contributed by atoms with van der Waals surface area (Å²) in [6.07, 6.45) is 0. The molecule has 0 aliphatic rings. The van der Waals surface area contributed by atoms with Crippen LogP contribution in [0.2, 0.25) is 0 Å². The molecule has 0 amide bonds. The van der Waals surface area contributed by atoms with Crippen LogP contribution in [0.15, 0.2) is 24.3 Å². The van der Waals surface area contributed by atoms with Gasteiger partial charge < -0.3 is 15.2 Å². The molecule has 0 aromatic heterocycles. The van der Waals surface area contributed by atoms with Crippen molar-refractivity contribution in [1.29, 1.82) is 5.26 Å². The van der Waals surface area contributed by atoms with Gasteiger partial charge in [0.2, 0.25) is 0 Å². The third-order valence-electron chi connectivity index (χ3n) is 1.85. The molecule has 1 aromatic rings. The maximum atomic E-state index is 10.3. The van der Waals surface area contributed by atoms with Crippen LogP contribution in [0.4, 0.5) is 0 Å². The van der Waals surface area contributed by atoms with Gasteiger partial charge in [-0.1, -0.05) is 12.1 Å². The van der Waals surface area contributed by atoms with Gasteiger partial charge in [0.1, 0.15) is 0 Å². The van der Waals surface area contributed by atoms with Gasteiger partial charge in [-0.15, -0.1) is 0 Å². The summed E-state index contributed by atoms with van der Waals surface area (Å²) in [6, 6.07) is 8.19. The lowest BCUT2D eigenvalue weighted by Gasteiger charge is -2.10. The Morgan fingerprint density at radius 3 is 2.60 bits per heavy atom. The fourth-order valence-electron chi connectivity index (χ4n) is 1.06. The zero-order valence-corrected chi connectivity index (χ0v) is 8.88. The van der Waals surface area contributed by atoms with Crippen LogP contribution in [-0.2, 0) is 9.09 Å². The second-order valence-electron chi connectivity index (χ2n) is 2.92. The molecule has 1 rings (SSSR count). The maximum absolute atomic E-state index is 10.3. The normalized spacial score (nSPS) is 14.2. The largest absolute Gasteiger partial charge is 0.326 e. The van der Waals surface area contributed by atoms with Gasteiger partial charge in [0, 0.05) is 0 Å². The molecule has 0 spiro atoms. The molecule has 2 atom stereocenters. The zero-order chi connectivity index (χ0) is 11.3. The first kappa shape index (κ1) is 11.9. The van der Waals surface area contributed by atoms with Crippen molar-refractivity contribution >= 4 is 8.25 Å². The van der Waals surface area contributed by atoms with Gasteiger partial charge in [-0.05, 0) is 17.7 Å². The van der Waals surface area contributed by atoms with E-state index in [1.54, 1.807) is 24.3 Å². The summed E-state index contributed by atoms with van der Waals surface area (Å²) in [5.41, 5.74) is 7.00. The van der Waals surface area contributed by atoms with Crippen LogP contribution < -0.4 is 5.73 Å². The fourth-order valence-corrected chi connectivity index (χ4v) is 1.38. The second kappa shape index (κ2) is 5.64. The molecule has 5 nitrogen and oxygen atoms in total. The topological polar surface area (TPSA) is 96.3 Å². The summed E-state index contributed by atoms with van der Waals surface area (Å²) in [4.78, 5) is 8.46. The van der Waals surface area contributed by atoms with E-state index in [0.29, 0.717) is 5.56 Å². The molecule has 0 aliphatic heterocycles. The predicted octanol–water partition coefficient (Wildman–Crippen LogP) is 0.957. The summed E-state index contributed by atoms with van der Waals surface area (Å²) in [5.74, 6) is 0. The van der Waals surface area contributed by atoms with Crippen molar-refractivity contribution in [2.24, 2.45) is 5.73 Å². The highest BCUT2D eigenvalue weighted by Gasteiger charge is 2.07. The van der Waals surface area contributed by atoms with Crippen molar-refractivity contribution in [2.75, 3.05) is 6.61 Å². The van der Waals surface area contributed by atoms with Crippen LogP contribution in [0.3, 0.4) is 0 Å². The van der Waals surface area contributed by atoms with Crippen LogP contribution >= 0.6 is 8.25 Å². The first-order valence-electron chi connectivity index (χ1n) is 4.25. The third kappa shape index (κ3) is 3.82. The lowest BCUT2D eigenvalue weighted by Crippen LogP contribution is -2.15. The molecular weight excluding hydrogens is 215 g/mol. The van der Waals surface area contributed by atoms with E-state index < -0.39 is 14.3 Å². The molecule has 80 valence electrons. The number of nitriles is 1. The fraction of sp³-hybridized carbons (Fsp3) is 0.222. The number of nitrogens with zero attached hydrogens (tertiary/aromatic N) is 1. The van der Waals surface area contributed by atoms with Crippen molar-refractivity contribution in [3.05, 3.63) is 35.4 Å². The zero-order valence-electron chi connectivity index (χ0n) is 7.88. The van der Waals surface area contributed by atoms with E-state index in [2.05, 4.69) is 4.52 Å². The molecular formula is C9H11N2O3P. The molecule has 0 fully saturated rings. The van der Waals surface area contributed by atoms with Crippen molar-refractivity contribution in [2.45, 2.75) is 6.04 Å². The number of benzene rings is 1. The van der Waals surface area contributed by atoms with Crippen LogP contribution in [0.25, 0.3) is 0 Å². The molecule has 15 heavy (non-hydrogen) atoms. The van der Waals surface area contributed by atoms with E-state index in [1.807, 2.05) is 6.07 Å². The van der Waals surface area contributed by atoms with E-state index in [9.17, 15) is 4.57 Å². The Labute approximate surface area is 88.0 Å². The van der Waals surface area contributed by atoms with Gasteiger partial charge in [-0.2, -0.15) is 5.26 Å². The average molecular weight is 226 g/mol. The maximum Gasteiger partial charge on any atom is 0.316 e. The van der Waals surface area contributed by atoms with Gasteiger partial charge in [0.05, 0.1) is 24.3 Å². The van der Waals surface area contributed by atoms with Crippen LogP contribution in [0.5, 0.6) is 0 Å². The van der Waals surface area contributed by atoms with Crippen LogP contribution in [0, 0.1) is 11.3 Å². The van der Waals surface area contributed by atoms with Gasteiger partial charge in [-0.25, -0.2) is 0 Å². The Kier molecular flexibility index (Phi) is 4.47. The Morgan fingerprint density at radius 1 is 1.53 bits per heavy atom. The summed E-state index contributed by atoms with van der Waals surface area (Å²) >= 11 is 0. The van der Waals surface area contributed by atoms with E-state index >= 15 is 0 Å². The first-order chi connectivity index (χ1) is 7.13. The number of hydrogen-bond acceptors (Lipinski definition) is 4. The van der Waals surface area contributed by atoms with Gasteiger partial charge in [-0.3, -0.25) is 4.57 Å². The molecule has 0 radical (unpaired) electrons. The molecule has 0 aliphatic carbocycles. The van der Waals surface area contributed by atoms with Gasteiger partial charge in [0.15, 0.2) is 0 Å². The Balaban J connectivity index is 2.62. The molecule has 0 saturated heterocycles. The highest BCUT2D eigenvalue weighted by molar-refractivity contribution is 7.32. The molecule has 2 unspecified atom stereocenters. The molecule has 1 aromatic carbocycles. The Morgan fingerprint density at radius 2 is 2.13 bits per heavy atom. The van der Waals surface area contributed by atoms with Crippen LogP contribution in [-0.4, -0.2) is 11.5 Å². The quantitative estimate of drug-likeness (QED) is 0.745. The lowest BCUT2D eigenvalue weighted by molar-refractivity contribution is 0.263. The summed E-state index contributed by atoms with van der Waals surface area (Å²) < 4.78 is 14.8. The van der Waals surface area contributed by atoms with E-state index in [1.165, 1.54) is 0 Å². The number of rotatable bonds is 4. The van der Waals surface area contributed by atoms with Crippen molar-refractivity contribution in [3.8, 4) is 6.07 Å². The molecule has 3 N–H and O–H groups in total. The van der Waals surface area contributed by atoms with Crippen LogP contribution in [0.1, 0.15) is 17.2 Å². The summed E-state index contributed by atoms with van der Waals surface area (Å²) in [6.45, 7) is -0.0137. The molecule has 0 saturated carbocycles. The van der Waals surface area contributed by atoms with Crippen molar-refractivity contribution in [1.82, 2.24) is 0 Å². The third-order valence-corrected chi connectivity index (χ3v) is 2.27. The lowest BCUT2D eigenvalue weighted by atomic mass is 10.1. The first-order valence-corrected chi connectivity index (χ1v) is 5.51. The highest BCUT2D eigenvalue weighted by atomic mass is 31.1. The Bertz CT molecular complexity index is 385. The second-order valence-corrected chi connectivity index (χ2v) is 3.74. The number of hydrogen-bond donors (Lipinski definition) is 2. The van der Waals surface area contributed by atoms with Gasteiger partial charge in [0.25, 0.3) is 0 Å². The van der Waals surface area contributed by atoms with Gasteiger partial charge >= 0.3 is 8.25 Å². The average Bonchev–Trinajstić information content (AvgIpc) is 2.26. The smallest absolute Gasteiger partial charge is 0.316 e. The summed E-state index contributed by atoms with van der Waals surface area (Å²) in [5, 5.41) is 8.57. The summed E-state index contributed by atoms with van der Waals surface area (Å²) in [7, 11) is -2.93. The number of nitrogens with two attached hydrogens (primary N) is 1. The van der Waals surface area contributed by atoms with E-state index in [4.69, 9.17) is 15.9 Å². The standard InChI is InChI=1S/C9H11N2O3P/c10-5-7-1-3-8(4-2-7)9(11)6-14-15(12)13/h1-4,9,15H,6,11H2,(H,12,13). The van der Waals surface area contributed by atoms with E-state index in [-0.39, 0.29) is 6.61 Å². The molecule has 6 heteroatoms. The highest BCUT2D eigenvalue weighted by Crippen LogP contribution is 2.19. The molecule has 0 heterocycles. The van der Waals surface area contributed by atoms with E-state index in [0.717, 1.165) is 5.56 Å². The van der Waals surface area contributed by atoms with Crippen molar-refractivity contribution < 1.29 is 14.0 Å². The Hall–Kier alpha value is -1.18. The predicted molar refractivity (Wildman–Crippen MR) is 55.3 cm³/mol.